The molecule has 5 nitrogen and oxygen atoms in total. The van der Waals surface area contributed by atoms with Crippen molar-refractivity contribution in [3.63, 3.8) is 0 Å². The van der Waals surface area contributed by atoms with Gasteiger partial charge in [0.1, 0.15) is 5.82 Å². The Morgan fingerprint density at radius 2 is 2.13 bits per heavy atom. The molecule has 1 saturated heterocycles. The van der Waals surface area contributed by atoms with Crippen LogP contribution in [-0.2, 0) is 7.05 Å². The van der Waals surface area contributed by atoms with E-state index < -0.39 is 0 Å². The van der Waals surface area contributed by atoms with E-state index >= 15 is 0 Å². The van der Waals surface area contributed by atoms with Crippen molar-refractivity contribution < 1.29 is 4.79 Å². The Balaban J connectivity index is 1.54. The molecule has 0 spiro atoms. The number of benzene rings is 1. The predicted molar refractivity (Wildman–Crippen MR) is 91.3 cm³/mol. The lowest BCUT2D eigenvalue weighted by Crippen LogP contribution is -2.28. The number of aromatic nitrogens is 2. The van der Waals surface area contributed by atoms with Crippen molar-refractivity contribution >= 4 is 5.91 Å². The SMILES string of the molecule is Cn1ccnc1-c1cccc(C(=O)NCCCN2CCCC2)c1. The van der Waals surface area contributed by atoms with Crippen molar-refractivity contribution in [3.05, 3.63) is 42.2 Å². The minimum atomic E-state index is -0.0116. The molecular weight excluding hydrogens is 288 g/mol. The summed E-state index contributed by atoms with van der Waals surface area (Å²) in [6.07, 6.45) is 7.30. The Morgan fingerprint density at radius 1 is 1.30 bits per heavy atom. The first kappa shape index (κ1) is 15.7. The van der Waals surface area contributed by atoms with Crippen LogP contribution in [0.2, 0.25) is 0 Å². The van der Waals surface area contributed by atoms with Gasteiger partial charge in [-0.05, 0) is 51.0 Å². The smallest absolute Gasteiger partial charge is 0.251 e. The first-order chi connectivity index (χ1) is 11.2. The van der Waals surface area contributed by atoms with Gasteiger partial charge in [0.05, 0.1) is 0 Å². The van der Waals surface area contributed by atoms with E-state index in [2.05, 4.69) is 15.2 Å². The minimum Gasteiger partial charge on any atom is -0.352 e. The summed E-state index contributed by atoms with van der Waals surface area (Å²) in [5.74, 6) is 0.858. The summed E-state index contributed by atoms with van der Waals surface area (Å²) < 4.78 is 1.95. The van der Waals surface area contributed by atoms with Gasteiger partial charge in [0.15, 0.2) is 0 Å². The molecule has 2 aromatic rings. The van der Waals surface area contributed by atoms with Gasteiger partial charge in [-0.3, -0.25) is 4.79 Å². The zero-order valence-corrected chi connectivity index (χ0v) is 13.7. The topological polar surface area (TPSA) is 50.2 Å². The molecule has 1 aliphatic rings. The summed E-state index contributed by atoms with van der Waals surface area (Å²) in [4.78, 5) is 19.1. The number of likely N-dealkylation sites (tertiary alicyclic amines) is 1. The van der Waals surface area contributed by atoms with E-state index in [4.69, 9.17) is 0 Å². The standard InChI is InChI=1S/C18H24N4O/c1-21-13-9-19-17(21)15-6-4-7-16(14-15)18(23)20-8-5-12-22-10-2-3-11-22/h4,6-7,9,13-14H,2-3,5,8,10-12H2,1H3,(H,20,23). The second kappa shape index (κ2) is 7.42. The van der Waals surface area contributed by atoms with Gasteiger partial charge in [-0.2, -0.15) is 0 Å². The van der Waals surface area contributed by atoms with E-state index in [1.807, 2.05) is 42.1 Å². The Labute approximate surface area is 137 Å². The highest BCUT2D eigenvalue weighted by Gasteiger charge is 2.11. The van der Waals surface area contributed by atoms with Crippen LogP contribution in [0.25, 0.3) is 11.4 Å². The first-order valence-electron chi connectivity index (χ1n) is 8.32. The van der Waals surface area contributed by atoms with Crippen molar-refractivity contribution in [1.82, 2.24) is 19.8 Å². The third-order valence-electron chi connectivity index (χ3n) is 4.34. The van der Waals surface area contributed by atoms with Gasteiger partial charge in [-0.1, -0.05) is 12.1 Å². The zero-order valence-electron chi connectivity index (χ0n) is 13.7. The van der Waals surface area contributed by atoms with E-state index in [1.54, 1.807) is 6.20 Å². The van der Waals surface area contributed by atoms with Crippen LogP contribution >= 0.6 is 0 Å². The molecule has 5 heteroatoms. The second-order valence-corrected chi connectivity index (χ2v) is 6.10. The number of aryl methyl sites for hydroxylation is 1. The van der Waals surface area contributed by atoms with Gasteiger partial charge in [-0.15, -0.1) is 0 Å². The van der Waals surface area contributed by atoms with Gasteiger partial charge >= 0.3 is 0 Å². The molecule has 0 aliphatic carbocycles. The summed E-state index contributed by atoms with van der Waals surface area (Å²) in [5, 5.41) is 3.02. The number of nitrogens with zero attached hydrogens (tertiary/aromatic N) is 3. The first-order valence-corrected chi connectivity index (χ1v) is 8.32. The fraction of sp³-hybridized carbons (Fsp3) is 0.444. The highest BCUT2D eigenvalue weighted by molar-refractivity contribution is 5.95. The Kier molecular flexibility index (Phi) is 5.08. The van der Waals surface area contributed by atoms with E-state index in [9.17, 15) is 4.79 Å². The summed E-state index contributed by atoms with van der Waals surface area (Å²) in [6.45, 7) is 4.22. The Hall–Kier alpha value is -2.14. The third kappa shape index (κ3) is 3.99. The molecule has 0 atom stereocenters. The van der Waals surface area contributed by atoms with Crippen molar-refractivity contribution in [3.8, 4) is 11.4 Å². The normalized spacial score (nSPS) is 15.0. The number of amides is 1. The quantitative estimate of drug-likeness (QED) is 0.833. The van der Waals surface area contributed by atoms with Crippen molar-refractivity contribution in [2.45, 2.75) is 19.3 Å². The highest BCUT2D eigenvalue weighted by Crippen LogP contribution is 2.18. The van der Waals surface area contributed by atoms with Crippen molar-refractivity contribution in [1.29, 1.82) is 0 Å². The van der Waals surface area contributed by atoms with Crippen molar-refractivity contribution in [2.24, 2.45) is 7.05 Å². The molecule has 1 aromatic heterocycles. The molecule has 1 fully saturated rings. The molecular formula is C18H24N4O. The maximum atomic E-state index is 12.3. The molecule has 0 unspecified atom stereocenters. The lowest BCUT2D eigenvalue weighted by atomic mass is 10.1. The van der Waals surface area contributed by atoms with Crippen LogP contribution in [0.3, 0.4) is 0 Å². The molecule has 0 radical (unpaired) electrons. The summed E-state index contributed by atoms with van der Waals surface area (Å²) in [7, 11) is 1.95. The number of imidazole rings is 1. The molecule has 0 saturated carbocycles. The van der Waals surface area contributed by atoms with Crippen LogP contribution in [0.1, 0.15) is 29.6 Å². The van der Waals surface area contributed by atoms with E-state index in [-0.39, 0.29) is 5.91 Å². The number of hydrogen-bond acceptors (Lipinski definition) is 3. The molecule has 23 heavy (non-hydrogen) atoms. The molecule has 1 aliphatic heterocycles. The molecule has 3 rings (SSSR count). The molecule has 2 heterocycles. The Bertz CT molecular complexity index is 659. The van der Waals surface area contributed by atoms with Gasteiger partial charge < -0.3 is 14.8 Å². The second-order valence-electron chi connectivity index (χ2n) is 6.10. The average Bonchev–Trinajstić information content (AvgIpc) is 3.23. The van der Waals surface area contributed by atoms with Crippen LogP contribution in [-0.4, -0.2) is 46.5 Å². The fourth-order valence-electron chi connectivity index (χ4n) is 3.06. The van der Waals surface area contributed by atoms with Gasteiger partial charge in [0.2, 0.25) is 0 Å². The summed E-state index contributed by atoms with van der Waals surface area (Å²) >= 11 is 0. The molecule has 1 amide bonds. The Morgan fingerprint density at radius 3 is 2.87 bits per heavy atom. The van der Waals surface area contributed by atoms with E-state index in [1.165, 1.54) is 25.9 Å². The summed E-state index contributed by atoms with van der Waals surface area (Å²) in [5.41, 5.74) is 1.65. The maximum Gasteiger partial charge on any atom is 0.251 e. The highest BCUT2D eigenvalue weighted by atomic mass is 16.1. The molecule has 122 valence electrons. The number of carbonyl (C=O) groups is 1. The van der Waals surface area contributed by atoms with Crippen LogP contribution < -0.4 is 5.32 Å². The fourth-order valence-corrected chi connectivity index (χ4v) is 3.06. The maximum absolute atomic E-state index is 12.3. The molecule has 1 aromatic carbocycles. The lowest BCUT2D eigenvalue weighted by molar-refractivity contribution is 0.0952. The third-order valence-corrected chi connectivity index (χ3v) is 4.34. The number of carbonyl (C=O) groups excluding carboxylic acids is 1. The number of hydrogen-bond donors (Lipinski definition) is 1. The van der Waals surface area contributed by atoms with Gasteiger partial charge in [0.25, 0.3) is 5.91 Å². The monoisotopic (exact) mass is 312 g/mol. The zero-order chi connectivity index (χ0) is 16.1. The van der Waals surface area contributed by atoms with Gasteiger partial charge in [-0.25, -0.2) is 4.98 Å². The number of nitrogens with one attached hydrogen (secondary N) is 1. The van der Waals surface area contributed by atoms with Crippen LogP contribution in [0.15, 0.2) is 36.7 Å². The van der Waals surface area contributed by atoms with Crippen molar-refractivity contribution in [2.75, 3.05) is 26.2 Å². The average molecular weight is 312 g/mol. The predicted octanol–water partition coefficient (Wildman–Crippen LogP) is 2.30. The number of rotatable bonds is 6. The van der Waals surface area contributed by atoms with Crippen LogP contribution in [0.5, 0.6) is 0 Å². The van der Waals surface area contributed by atoms with Crippen LogP contribution in [0, 0.1) is 0 Å². The van der Waals surface area contributed by atoms with Gasteiger partial charge in [0, 0.05) is 37.1 Å². The molecule has 0 bridgehead atoms. The molecule has 1 N–H and O–H groups in total. The van der Waals surface area contributed by atoms with E-state index in [0.717, 1.165) is 30.9 Å². The van der Waals surface area contributed by atoms with Crippen LogP contribution in [0.4, 0.5) is 0 Å². The largest absolute Gasteiger partial charge is 0.352 e. The minimum absolute atomic E-state index is 0.0116. The van der Waals surface area contributed by atoms with E-state index in [0.29, 0.717) is 5.56 Å². The summed E-state index contributed by atoms with van der Waals surface area (Å²) in [6, 6.07) is 7.63. The lowest BCUT2D eigenvalue weighted by Gasteiger charge is -2.14.